The average Bonchev–Trinajstić information content (AvgIpc) is 2.60. The molecule has 0 amide bonds. The minimum absolute atomic E-state index is 0.0789. The van der Waals surface area contributed by atoms with Gasteiger partial charge in [-0.15, -0.1) is 0 Å². The van der Waals surface area contributed by atoms with Gasteiger partial charge >= 0.3 is 0 Å². The zero-order valence-electron chi connectivity index (χ0n) is 15.0. The molecule has 3 aromatic rings. The molecule has 1 aliphatic carbocycles. The van der Waals surface area contributed by atoms with Crippen molar-refractivity contribution in [1.29, 1.82) is 0 Å². The molecule has 0 unspecified atom stereocenters. The standard InChI is InChI=1S/C22H22N2O/c1-14-7-9-16(3)18(11-14)12-17-5-4-6-19-21(17)23-20-10-8-15(2)13-24(20)22(19)25/h7-13H,4-6H2,1-3H3/b17-12-. The number of allylic oxidation sites excluding steroid dienone is 1. The van der Waals surface area contributed by atoms with Crippen LogP contribution in [-0.4, -0.2) is 9.38 Å². The predicted octanol–water partition coefficient (Wildman–Crippen LogP) is 4.50. The lowest BCUT2D eigenvalue weighted by Crippen LogP contribution is -2.24. The van der Waals surface area contributed by atoms with Crippen molar-refractivity contribution in [2.75, 3.05) is 0 Å². The number of hydrogen-bond acceptors (Lipinski definition) is 2. The number of aryl methyl sites for hydroxylation is 3. The average molecular weight is 330 g/mol. The molecule has 0 bridgehead atoms. The number of benzene rings is 1. The van der Waals surface area contributed by atoms with Gasteiger partial charge in [0.25, 0.3) is 5.56 Å². The topological polar surface area (TPSA) is 34.4 Å². The van der Waals surface area contributed by atoms with Crippen LogP contribution in [0.5, 0.6) is 0 Å². The number of pyridine rings is 1. The first kappa shape index (κ1) is 15.8. The number of rotatable bonds is 1. The zero-order valence-corrected chi connectivity index (χ0v) is 15.0. The normalized spacial score (nSPS) is 15.6. The van der Waals surface area contributed by atoms with Crippen LogP contribution in [0.25, 0.3) is 17.3 Å². The summed E-state index contributed by atoms with van der Waals surface area (Å²) in [7, 11) is 0. The minimum atomic E-state index is 0.0789. The van der Waals surface area contributed by atoms with Crippen LogP contribution in [0.1, 0.15) is 46.4 Å². The summed E-state index contributed by atoms with van der Waals surface area (Å²) in [6.07, 6.45) is 6.88. The Bertz CT molecular complexity index is 1070. The second kappa shape index (κ2) is 5.99. The maximum Gasteiger partial charge on any atom is 0.261 e. The van der Waals surface area contributed by atoms with Crippen molar-refractivity contribution in [3.05, 3.63) is 80.4 Å². The molecule has 0 radical (unpaired) electrons. The Morgan fingerprint density at radius 3 is 2.68 bits per heavy atom. The summed E-state index contributed by atoms with van der Waals surface area (Å²) in [4.78, 5) is 17.8. The third-order valence-electron chi connectivity index (χ3n) is 5.01. The molecule has 4 rings (SSSR count). The second-order valence-electron chi connectivity index (χ2n) is 7.06. The quantitative estimate of drug-likeness (QED) is 0.658. The Labute approximate surface area is 147 Å². The van der Waals surface area contributed by atoms with E-state index in [2.05, 4.69) is 38.1 Å². The minimum Gasteiger partial charge on any atom is -0.269 e. The molecule has 0 spiro atoms. The van der Waals surface area contributed by atoms with Crippen molar-refractivity contribution in [2.45, 2.75) is 40.0 Å². The molecule has 0 aliphatic heterocycles. The molecular formula is C22H22N2O. The van der Waals surface area contributed by atoms with E-state index in [4.69, 9.17) is 4.98 Å². The summed E-state index contributed by atoms with van der Waals surface area (Å²) in [5.74, 6) is 0. The van der Waals surface area contributed by atoms with Gasteiger partial charge in [-0.2, -0.15) is 0 Å². The number of hydrogen-bond donors (Lipinski definition) is 0. The molecule has 1 aromatic carbocycles. The van der Waals surface area contributed by atoms with Crippen molar-refractivity contribution in [1.82, 2.24) is 9.38 Å². The maximum atomic E-state index is 12.9. The van der Waals surface area contributed by atoms with E-state index in [0.29, 0.717) is 0 Å². The molecule has 2 aromatic heterocycles. The summed E-state index contributed by atoms with van der Waals surface area (Å²) in [6.45, 7) is 6.23. The Morgan fingerprint density at radius 2 is 1.84 bits per heavy atom. The fourth-order valence-electron chi connectivity index (χ4n) is 3.59. The summed E-state index contributed by atoms with van der Waals surface area (Å²) in [5.41, 5.74) is 8.50. The van der Waals surface area contributed by atoms with Gasteiger partial charge < -0.3 is 0 Å². The van der Waals surface area contributed by atoms with Gasteiger partial charge in [-0.1, -0.05) is 29.8 Å². The van der Waals surface area contributed by atoms with E-state index in [0.717, 1.165) is 41.7 Å². The molecule has 0 N–H and O–H groups in total. The van der Waals surface area contributed by atoms with E-state index in [1.807, 2.05) is 25.3 Å². The van der Waals surface area contributed by atoms with Gasteiger partial charge in [0, 0.05) is 11.8 Å². The fourth-order valence-corrected chi connectivity index (χ4v) is 3.59. The van der Waals surface area contributed by atoms with Crippen molar-refractivity contribution in [2.24, 2.45) is 0 Å². The lowest BCUT2D eigenvalue weighted by Gasteiger charge is -2.19. The van der Waals surface area contributed by atoms with E-state index in [1.165, 1.54) is 22.3 Å². The van der Waals surface area contributed by atoms with E-state index >= 15 is 0 Å². The van der Waals surface area contributed by atoms with E-state index in [-0.39, 0.29) is 5.56 Å². The highest BCUT2D eigenvalue weighted by Crippen LogP contribution is 2.30. The van der Waals surface area contributed by atoms with Gasteiger partial charge in [-0.25, -0.2) is 4.98 Å². The summed E-state index contributed by atoms with van der Waals surface area (Å²) in [5, 5.41) is 0. The Balaban J connectivity index is 1.94. The third kappa shape index (κ3) is 2.80. The molecule has 0 fully saturated rings. The van der Waals surface area contributed by atoms with Crippen LogP contribution < -0.4 is 5.56 Å². The van der Waals surface area contributed by atoms with Crippen LogP contribution in [0.2, 0.25) is 0 Å². The van der Waals surface area contributed by atoms with Crippen LogP contribution in [0, 0.1) is 20.8 Å². The van der Waals surface area contributed by atoms with E-state index < -0.39 is 0 Å². The van der Waals surface area contributed by atoms with Gasteiger partial charge in [0.2, 0.25) is 0 Å². The van der Waals surface area contributed by atoms with Gasteiger partial charge in [0.05, 0.1) is 5.69 Å². The summed E-state index contributed by atoms with van der Waals surface area (Å²) < 4.78 is 1.69. The van der Waals surface area contributed by atoms with Crippen molar-refractivity contribution in [3.8, 4) is 0 Å². The van der Waals surface area contributed by atoms with Gasteiger partial charge in [0.1, 0.15) is 5.65 Å². The van der Waals surface area contributed by atoms with Crippen LogP contribution in [0.3, 0.4) is 0 Å². The molecule has 2 heterocycles. The highest BCUT2D eigenvalue weighted by atomic mass is 16.1. The fraction of sp³-hybridized carbons (Fsp3) is 0.273. The van der Waals surface area contributed by atoms with Gasteiger partial charge in [-0.3, -0.25) is 9.20 Å². The number of fused-ring (bicyclic) bond motifs is 2. The van der Waals surface area contributed by atoms with Crippen molar-refractivity contribution >= 4 is 17.3 Å². The number of aromatic nitrogens is 2. The maximum absolute atomic E-state index is 12.9. The Hall–Kier alpha value is -2.68. The van der Waals surface area contributed by atoms with Gasteiger partial charge in [-0.05, 0) is 74.4 Å². The molecule has 3 nitrogen and oxygen atoms in total. The van der Waals surface area contributed by atoms with Crippen molar-refractivity contribution in [3.63, 3.8) is 0 Å². The highest BCUT2D eigenvalue weighted by molar-refractivity contribution is 5.83. The molecular weight excluding hydrogens is 308 g/mol. The summed E-state index contributed by atoms with van der Waals surface area (Å²) >= 11 is 0. The second-order valence-corrected chi connectivity index (χ2v) is 7.06. The largest absolute Gasteiger partial charge is 0.269 e. The molecule has 0 atom stereocenters. The van der Waals surface area contributed by atoms with Crippen molar-refractivity contribution < 1.29 is 0 Å². The molecule has 1 aliphatic rings. The van der Waals surface area contributed by atoms with E-state index in [9.17, 15) is 4.79 Å². The molecule has 3 heteroatoms. The smallest absolute Gasteiger partial charge is 0.261 e. The SMILES string of the molecule is Cc1ccc(C)c(/C=C2/CCCc3c2nc2ccc(C)cn2c3=O)c1. The van der Waals surface area contributed by atoms with Crippen LogP contribution in [-0.2, 0) is 6.42 Å². The summed E-state index contributed by atoms with van der Waals surface area (Å²) in [6, 6.07) is 10.4. The lowest BCUT2D eigenvalue weighted by atomic mass is 9.90. The Morgan fingerprint density at radius 1 is 1.04 bits per heavy atom. The first-order chi connectivity index (χ1) is 12.0. The van der Waals surface area contributed by atoms with Crippen LogP contribution >= 0.6 is 0 Å². The van der Waals surface area contributed by atoms with Crippen LogP contribution in [0.15, 0.2) is 41.3 Å². The van der Waals surface area contributed by atoms with Gasteiger partial charge in [0.15, 0.2) is 0 Å². The molecule has 0 saturated carbocycles. The molecule has 0 saturated heterocycles. The lowest BCUT2D eigenvalue weighted by molar-refractivity contribution is 0.786. The Kier molecular flexibility index (Phi) is 3.79. The highest BCUT2D eigenvalue weighted by Gasteiger charge is 2.20. The number of nitrogens with zero attached hydrogens (tertiary/aromatic N) is 2. The third-order valence-corrected chi connectivity index (χ3v) is 5.01. The van der Waals surface area contributed by atoms with E-state index in [1.54, 1.807) is 4.40 Å². The first-order valence-electron chi connectivity index (χ1n) is 8.83. The predicted molar refractivity (Wildman–Crippen MR) is 103 cm³/mol. The van der Waals surface area contributed by atoms with Crippen LogP contribution in [0.4, 0.5) is 0 Å². The first-order valence-corrected chi connectivity index (χ1v) is 8.83. The monoisotopic (exact) mass is 330 g/mol. The molecule has 126 valence electrons. The molecule has 25 heavy (non-hydrogen) atoms. The zero-order chi connectivity index (χ0) is 17.6.